The van der Waals surface area contributed by atoms with Crippen molar-refractivity contribution in [1.29, 1.82) is 0 Å². The Morgan fingerprint density at radius 2 is 2.07 bits per heavy atom. The molecule has 0 atom stereocenters. The smallest absolute Gasteiger partial charge is 0.0552 e. The lowest BCUT2D eigenvalue weighted by Crippen LogP contribution is -2.26. The van der Waals surface area contributed by atoms with Gasteiger partial charge in [0.15, 0.2) is 0 Å². The van der Waals surface area contributed by atoms with Gasteiger partial charge in [-0.2, -0.15) is 0 Å². The lowest BCUT2D eigenvalue weighted by Gasteiger charge is -2.32. The Morgan fingerprint density at radius 1 is 1.21 bits per heavy atom. The molecule has 1 aliphatic carbocycles. The standard InChI is InChI=1S/C12H13NO/c14-9-6-8(7-9)10-2-1-3-12-11(10)4-5-13-12/h1-5,8-9,13-14H,6-7H2. The maximum atomic E-state index is 9.29. The summed E-state index contributed by atoms with van der Waals surface area (Å²) < 4.78 is 0. The van der Waals surface area contributed by atoms with Gasteiger partial charge in [-0.3, -0.25) is 0 Å². The average Bonchev–Trinajstić information content (AvgIpc) is 2.60. The second-order valence-corrected chi connectivity index (χ2v) is 4.11. The van der Waals surface area contributed by atoms with Crippen LogP contribution in [0.5, 0.6) is 0 Å². The summed E-state index contributed by atoms with van der Waals surface area (Å²) in [4.78, 5) is 3.21. The first-order valence-electron chi connectivity index (χ1n) is 5.08. The van der Waals surface area contributed by atoms with E-state index in [1.54, 1.807) is 0 Å². The van der Waals surface area contributed by atoms with E-state index in [9.17, 15) is 5.11 Å². The van der Waals surface area contributed by atoms with E-state index in [1.807, 2.05) is 6.20 Å². The number of aliphatic hydroxyl groups is 1. The minimum Gasteiger partial charge on any atom is -0.393 e. The number of aliphatic hydroxyl groups excluding tert-OH is 1. The highest BCUT2D eigenvalue weighted by atomic mass is 16.3. The molecular weight excluding hydrogens is 174 g/mol. The lowest BCUT2D eigenvalue weighted by molar-refractivity contribution is 0.0751. The van der Waals surface area contributed by atoms with Crippen molar-refractivity contribution in [3.8, 4) is 0 Å². The lowest BCUT2D eigenvalue weighted by atomic mass is 9.76. The molecule has 0 bridgehead atoms. The third-order valence-corrected chi connectivity index (χ3v) is 3.18. The van der Waals surface area contributed by atoms with Crippen molar-refractivity contribution in [2.24, 2.45) is 0 Å². The van der Waals surface area contributed by atoms with Crippen LogP contribution in [0.2, 0.25) is 0 Å². The van der Waals surface area contributed by atoms with E-state index in [0.29, 0.717) is 5.92 Å². The van der Waals surface area contributed by atoms with Crippen LogP contribution in [0.4, 0.5) is 0 Å². The molecule has 72 valence electrons. The number of hydrogen-bond acceptors (Lipinski definition) is 1. The molecule has 0 radical (unpaired) electrons. The van der Waals surface area contributed by atoms with Crippen LogP contribution in [0.15, 0.2) is 30.5 Å². The summed E-state index contributed by atoms with van der Waals surface area (Å²) >= 11 is 0. The van der Waals surface area contributed by atoms with Crippen molar-refractivity contribution in [1.82, 2.24) is 4.98 Å². The predicted octanol–water partition coefficient (Wildman–Crippen LogP) is 2.41. The molecular formula is C12H13NO. The van der Waals surface area contributed by atoms with E-state index in [0.717, 1.165) is 12.8 Å². The normalized spacial score (nSPS) is 26.4. The molecule has 14 heavy (non-hydrogen) atoms. The first-order chi connectivity index (χ1) is 6.84. The molecule has 1 saturated carbocycles. The monoisotopic (exact) mass is 187 g/mol. The second-order valence-electron chi connectivity index (χ2n) is 4.11. The SMILES string of the molecule is OC1CC(c2cccc3[nH]ccc23)C1. The Labute approximate surface area is 82.6 Å². The molecule has 2 heteroatoms. The quantitative estimate of drug-likeness (QED) is 0.706. The third-order valence-electron chi connectivity index (χ3n) is 3.18. The maximum absolute atomic E-state index is 9.29. The molecule has 1 aliphatic rings. The zero-order valence-electron chi connectivity index (χ0n) is 7.90. The van der Waals surface area contributed by atoms with Crippen LogP contribution in [0.1, 0.15) is 24.3 Å². The number of rotatable bonds is 1. The minimum absolute atomic E-state index is 0.0748. The van der Waals surface area contributed by atoms with E-state index in [2.05, 4.69) is 29.2 Å². The molecule has 1 aromatic heterocycles. The highest BCUT2D eigenvalue weighted by Gasteiger charge is 2.29. The number of benzene rings is 1. The summed E-state index contributed by atoms with van der Waals surface area (Å²) in [5, 5.41) is 10.6. The van der Waals surface area contributed by atoms with Gasteiger partial charge < -0.3 is 10.1 Å². The van der Waals surface area contributed by atoms with Crippen molar-refractivity contribution >= 4 is 10.9 Å². The third kappa shape index (κ3) is 1.07. The van der Waals surface area contributed by atoms with Gasteiger partial charge in [-0.25, -0.2) is 0 Å². The van der Waals surface area contributed by atoms with Crippen LogP contribution in [0.3, 0.4) is 0 Å². The van der Waals surface area contributed by atoms with Crippen LogP contribution >= 0.6 is 0 Å². The van der Waals surface area contributed by atoms with Gasteiger partial charge in [-0.15, -0.1) is 0 Å². The van der Waals surface area contributed by atoms with Gasteiger partial charge in [0.1, 0.15) is 0 Å². The van der Waals surface area contributed by atoms with E-state index in [-0.39, 0.29) is 6.10 Å². The topological polar surface area (TPSA) is 36.0 Å². The van der Waals surface area contributed by atoms with E-state index in [4.69, 9.17) is 0 Å². The molecule has 0 aliphatic heterocycles. The number of fused-ring (bicyclic) bond motifs is 1. The molecule has 1 heterocycles. The van der Waals surface area contributed by atoms with Gasteiger partial charge in [0.05, 0.1) is 6.10 Å². The predicted molar refractivity (Wildman–Crippen MR) is 56.3 cm³/mol. The Kier molecular flexibility index (Phi) is 1.64. The van der Waals surface area contributed by atoms with Crippen LogP contribution in [0.25, 0.3) is 10.9 Å². The number of aromatic nitrogens is 1. The molecule has 0 spiro atoms. The van der Waals surface area contributed by atoms with Gasteiger partial charge in [-0.05, 0) is 36.5 Å². The Morgan fingerprint density at radius 3 is 2.86 bits per heavy atom. The summed E-state index contributed by atoms with van der Waals surface area (Å²) in [7, 11) is 0. The Balaban J connectivity index is 2.07. The molecule has 1 aromatic carbocycles. The van der Waals surface area contributed by atoms with Gasteiger partial charge in [0, 0.05) is 17.1 Å². The zero-order chi connectivity index (χ0) is 9.54. The largest absolute Gasteiger partial charge is 0.393 e. The zero-order valence-corrected chi connectivity index (χ0v) is 7.90. The minimum atomic E-state index is -0.0748. The highest BCUT2D eigenvalue weighted by molar-refractivity contribution is 5.83. The van der Waals surface area contributed by atoms with Crippen LogP contribution in [-0.4, -0.2) is 16.2 Å². The summed E-state index contributed by atoms with van der Waals surface area (Å²) in [6, 6.07) is 8.47. The average molecular weight is 187 g/mol. The van der Waals surface area contributed by atoms with E-state index >= 15 is 0 Å². The summed E-state index contributed by atoms with van der Waals surface area (Å²) in [6.45, 7) is 0. The molecule has 0 unspecified atom stereocenters. The fourth-order valence-electron chi connectivity index (χ4n) is 2.31. The first kappa shape index (κ1) is 8.06. The molecule has 2 nitrogen and oxygen atoms in total. The summed E-state index contributed by atoms with van der Waals surface area (Å²) in [5.74, 6) is 0.560. The van der Waals surface area contributed by atoms with Gasteiger partial charge in [0.25, 0.3) is 0 Å². The van der Waals surface area contributed by atoms with Gasteiger partial charge in [-0.1, -0.05) is 12.1 Å². The van der Waals surface area contributed by atoms with Crippen molar-refractivity contribution in [2.75, 3.05) is 0 Å². The number of nitrogens with one attached hydrogen (secondary N) is 1. The Bertz CT molecular complexity index is 454. The van der Waals surface area contributed by atoms with Crippen molar-refractivity contribution < 1.29 is 5.11 Å². The molecule has 3 rings (SSSR count). The molecule has 1 fully saturated rings. The van der Waals surface area contributed by atoms with Gasteiger partial charge >= 0.3 is 0 Å². The van der Waals surface area contributed by atoms with E-state index < -0.39 is 0 Å². The maximum Gasteiger partial charge on any atom is 0.0552 e. The van der Waals surface area contributed by atoms with Gasteiger partial charge in [0.2, 0.25) is 0 Å². The summed E-state index contributed by atoms with van der Waals surface area (Å²) in [6.07, 6.45) is 3.74. The second kappa shape index (κ2) is 2.85. The number of aromatic amines is 1. The number of hydrogen-bond donors (Lipinski definition) is 2. The fraction of sp³-hybridized carbons (Fsp3) is 0.333. The summed E-state index contributed by atoms with van der Waals surface area (Å²) in [5.41, 5.74) is 2.58. The van der Waals surface area contributed by atoms with E-state index in [1.165, 1.54) is 16.5 Å². The molecule has 2 aromatic rings. The van der Waals surface area contributed by atoms with Crippen molar-refractivity contribution in [3.63, 3.8) is 0 Å². The number of H-pyrrole nitrogens is 1. The van der Waals surface area contributed by atoms with Crippen molar-refractivity contribution in [3.05, 3.63) is 36.0 Å². The van der Waals surface area contributed by atoms with Crippen LogP contribution in [-0.2, 0) is 0 Å². The van der Waals surface area contributed by atoms with Crippen LogP contribution in [0, 0.1) is 0 Å². The molecule has 0 amide bonds. The molecule has 2 N–H and O–H groups in total. The molecule has 0 saturated heterocycles. The Hall–Kier alpha value is -1.28. The van der Waals surface area contributed by atoms with Crippen LogP contribution < -0.4 is 0 Å². The van der Waals surface area contributed by atoms with Crippen molar-refractivity contribution in [2.45, 2.75) is 24.9 Å². The highest BCUT2D eigenvalue weighted by Crippen LogP contribution is 2.39. The first-order valence-corrected chi connectivity index (χ1v) is 5.08. The fourth-order valence-corrected chi connectivity index (χ4v) is 2.31.